The van der Waals surface area contributed by atoms with Crippen molar-refractivity contribution in [2.45, 2.75) is 0 Å². The topological polar surface area (TPSA) is 30.2 Å². The van der Waals surface area contributed by atoms with Crippen LogP contribution in [0.5, 0.6) is 0 Å². The minimum absolute atomic E-state index is 0.730. The number of hydrogen-bond donors (Lipinski definition) is 0. The molecule has 26 heavy (non-hydrogen) atoms. The molecule has 0 saturated heterocycles. The van der Waals surface area contributed by atoms with Crippen molar-refractivity contribution in [2.75, 3.05) is 0 Å². The van der Waals surface area contributed by atoms with E-state index in [2.05, 4.69) is 52.5 Å². The fourth-order valence-corrected chi connectivity index (χ4v) is 3.34. The maximum absolute atomic E-state index is 6.12. The molecular formula is C22H14ClN3. The third-order valence-corrected chi connectivity index (χ3v) is 4.76. The Bertz CT molecular complexity index is 1210. The number of pyridine rings is 1. The molecule has 0 fully saturated rings. The second kappa shape index (κ2) is 5.97. The first kappa shape index (κ1) is 15.1. The highest BCUT2D eigenvalue weighted by Crippen LogP contribution is 2.28. The van der Waals surface area contributed by atoms with E-state index in [9.17, 15) is 0 Å². The Balaban J connectivity index is 1.53. The molecule has 3 nitrogen and oxygen atoms in total. The molecular weight excluding hydrogens is 342 g/mol. The van der Waals surface area contributed by atoms with Crippen molar-refractivity contribution >= 4 is 28.0 Å². The first-order chi connectivity index (χ1) is 12.8. The van der Waals surface area contributed by atoms with Gasteiger partial charge in [-0.25, -0.2) is 9.50 Å². The van der Waals surface area contributed by atoms with Crippen molar-refractivity contribution in [3.05, 3.63) is 90.1 Å². The molecule has 0 aliphatic rings. The SMILES string of the molecule is Clc1ccc2ccc(-c3ccc(-c4nc5ccccn5n4)cc3)cc2c1. The first-order valence-corrected chi connectivity index (χ1v) is 8.76. The highest BCUT2D eigenvalue weighted by Gasteiger charge is 2.07. The van der Waals surface area contributed by atoms with Crippen LogP contribution in [0.1, 0.15) is 0 Å². The summed E-state index contributed by atoms with van der Waals surface area (Å²) in [6.07, 6.45) is 1.90. The minimum Gasteiger partial charge on any atom is -0.221 e. The van der Waals surface area contributed by atoms with Crippen LogP contribution in [-0.2, 0) is 0 Å². The lowest BCUT2D eigenvalue weighted by Gasteiger charge is -2.05. The summed E-state index contributed by atoms with van der Waals surface area (Å²) < 4.78 is 1.79. The third kappa shape index (κ3) is 2.63. The zero-order chi connectivity index (χ0) is 17.5. The highest BCUT2D eigenvalue weighted by atomic mass is 35.5. The van der Waals surface area contributed by atoms with E-state index in [1.54, 1.807) is 4.52 Å². The van der Waals surface area contributed by atoms with Gasteiger partial charge in [0, 0.05) is 16.8 Å². The van der Waals surface area contributed by atoms with Crippen molar-refractivity contribution in [1.29, 1.82) is 0 Å². The Labute approximate surface area is 155 Å². The normalized spacial score (nSPS) is 11.3. The average molecular weight is 356 g/mol. The molecule has 4 heteroatoms. The van der Waals surface area contributed by atoms with Gasteiger partial charge < -0.3 is 0 Å². The van der Waals surface area contributed by atoms with Crippen LogP contribution in [0.4, 0.5) is 0 Å². The number of hydrogen-bond acceptors (Lipinski definition) is 2. The van der Waals surface area contributed by atoms with Crippen LogP contribution in [0.15, 0.2) is 85.1 Å². The molecule has 5 rings (SSSR count). The molecule has 0 bridgehead atoms. The quantitative estimate of drug-likeness (QED) is 0.396. The van der Waals surface area contributed by atoms with Crippen LogP contribution >= 0.6 is 11.6 Å². The van der Waals surface area contributed by atoms with E-state index in [0.717, 1.165) is 38.6 Å². The van der Waals surface area contributed by atoms with Gasteiger partial charge in [-0.2, -0.15) is 0 Å². The molecule has 0 aliphatic carbocycles. The number of rotatable bonds is 2. The van der Waals surface area contributed by atoms with E-state index in [-0.39, 0.29) is 0 Å². The Kier molecular flexibility index (Phi) is 3.47. The summed E-state index contributed by atoms with van der Waals surface area (Å²) in [6.45, 7) is 0. The fraction of sp³-hybridized carbons (Fsp3) is 0. The summed E-state index contributed by atoms with van der Waals surface area (Å²) in [5.74, 6) is 0.730. The van der Waals surface area contributed by atoms with Crippen molar-refractivity contribution in [3.8, 4) is 22.5 Å². The lowest BCUT2D eigenvalue weighted by atomic mass is 10.0. The van der Waals surface area contributed by atoms with E-state index < -0.39 is 0 Å². The lowest BCUT2D eigenvalue weighted by Crippen LogP contribution is -1.85. The lowest BCUT2D eigenvalue weighted by molar-refractivity contribution is 0.966. The van der Waals surface area contributed by atoms with Crippen LogP contribution < -0.4 is 0 Å². The molecule has 0 N–H and O–H groups in total. The second-order valence-electron chi connectivity index (χ2n) is 6.22. The molecule has 0 amide bonds. The summed E-state index contributed by atoms with van der Waals surface area (Å²) in [4.78, 5) is 4.57. The van der Waals surface area contributed by atoms with E-state index in [0.29, 0.717) is 0 Å². The van der Waals surface area contributed by atoms with Gasteiger partial charge in [-0.1, -0.05) is 60.1 Å². The van der Waals surface area contributed by atoms with Crippen LogP contribution in [0.25, 0.3) is 38.9 Å². The molecule has 2 heterocycles. The van der Waals surface area contributed by atoms with Crippen molar-refractivity contribution in [1.82, 2.24) is 14.6 Å². The molecule has 0 atom stereocenters. The van der Waals surface area contributed by atoms with Crippen molar-refractivity contribution in [3.63, 3.8) is 0 Å². The van der Waals surface area contributed by atoms with Gasteiger partial charge in [0.25, 0.3) is 0 Å². The van der Waals surface area contributed by atoms with E-state index in [1.165, 1.54) is 5.39 Å². The largest absolute Gasteiger partial charge is 0.221 e. The van der Waals surface area contributed by atoms with Crippen molar-refractivity contribution in [2.24, 2.45) is 0 Å². The number of fused-ring (bicyclic) bond motifs is 2. The van der Waals surface area contributed by atoms with Gasteiger partial charge in [0.15, 0.2) is 11.5 Å². The Hall–Kier alpha value is -3.17. The summed E-state index contributed by atoms with van der Waals surface area (Å²) in [6, 6.07) is 26.6. The van der Waals surface area contributed by atoms with Gasteiger partial charge in [0.05, 0.1) is 0 Å². The van der Waals surface area contributed by atoms with Crippen LogP contribution in [0.3, 0.4) is 0 Å². The standard InChI is InChI=1S/C22H14ClN3/c23-20-11-10-16-6-9-18(13-19(16)14-20)15-4-7-17(8-5-15)22-24-21-3-1-2-12-26(21)25-22/h1-14H. The van der Waals surface area contributed by atoms with E-state index in [1.807, 2.05) is 42.6 Å². The van der Waals surface area contributed by atoms with Crippen LogP contribution in [-0.4, -0.2) is 14.6 Å². The molecule has 0 spiro atoms. The van der Waals surface area contributed by atoms with Gasteiger partial charge in [-0.15, -0.1) is 5.10 Å². The first-order valence-electron chi connectivity index (χ1n) is 8.38. The number of aromatic nitrogens is 3. The zero-order valence-electron chi connectivity index (χ0n) is 13.8. The summed E-state index contributed by atoms with van der Waals surface area (Å²) in [5, 5.41) is 7.60. The van der Waals surface area contributed by atoms with E-state index >= 15 is 0 Å². The smallest absolute Gasteiger partial charge is 0.182 e. The minimum atomic E-state index is 0.730. The Morgan fingerprint density at radius 1 is 0.692 bits per heavy atom. The van der Waals surface area contributed by atoms with Crippen LogP contribution in [0.2, 0.25) is 5.02 Å². The molecule has 2 aromatic heterocycles. The molecule has 0 radical (unpaired) electrons. The number of halogens is 1. The average Bonchev–Trinajstić information content (AvgIpc) is 3.12. The zero-order valence-corrected chi connectivity index (χ0v) is 14.6. The maximum atomic E-state index is 6.12. The number of benzene rings is 3. The fourth-order valence-electron chi connectivity index (χ4n) is 3.16. The van der Waals surface area contributed by atoms with E-state index in [4.69, 9.17) is 11.6 Å². The third-order valence-electron chi connectivity index (χ3n) is 4.52. The van der Waals surface area contributed by atoms with Gasteiger partial charge in [0.1, 0.15) is 0 Å². The molecule has 124 valence electrons. The molecule has 3 aromatic carbocycles. The second-order valence-corrected chi connectivity index (χ2v) is 6.66. The van der Waals surface area contributed by atoms with Gasteiger partial charge in [0.2, 0.25) is 0 Å². The van der Waals surface area contributed by atoms with Crippen molar-refractivity contribution < 1.29 is 0 Å². The molecule has 0 saturated carbocycles. The Morgan fingerprint density at radius 2 is 1.46 bits per heavy atom. The predicted octanol–water partition coefficient (Wildman–Crippen LogP) is 5.87. The monoisotopic (exact) mass is 355 g/mol. The van der Waals surface area contributed by atoms with Gasteiger partial charge in [-0.3, -0.25) is 0 Å². The summed E-state index contributed by atoms with van der Waals surface area (Å²) in [7, 11) is 0. The van der Waals surface area contributed by atoms with Gasteiger partial charge >= 0.3 is 0 Å². The highest BCUT2D eigenvalue weighted by molar-refractivity contribution is 6.31. The Morgan fingerprint density at radius 3 is 2.31 bits per heavy atom. The summed E-state index contributed by atoms with van der Waals surface area (Å²) >= 11 is 6.12. The molecule has 0 aliphatic heterocycles. The predicted molar refractivity (Wildman–Crippen MR) is 106 cm³/mol. The number of nitrogens with zero attached hydrogens (tertiary/aromatic N) is 3. The molecule has 0 unspecified atom stereocenters. The molecule has 5 aromatic rings. The maximum Gasteiger partial charge on any atom is 0.182 e. The summed E-state index contributed by atoms with van der Waals surface area (Å²) in [5.41, 5.74) is 4.16. The van der Waals surface area contributed by atoms with Gasteiger partial charge in [-0.05, 0) is 52.2 Å². The van der Waals surface area contributed by atoms with Crippen LogP contribution in [0, 0.1) is 0 Å².